The van der Waals surface area contributed by atoms with Crippen molar-refractivity contribution in [3.05, 3.63) is 24.3 Å². The number of amides is 2. The summed E-state index contributed by atoms with van der Waals surface area (Å²) in [6, 6.07) is -2.33. The van der Waals surface area contributed by atoms with Crippen molar-refractivity contribution < 1.29 is 22.8 Å². The molecule has 2 heterocycles. The molecule has 0 spiro atoms. The van der Waals surface area contributed by atoms with E-state index in [4.69, 9.17) is 0 Å². The van der Waals surface area contributed by atoms with Crippen LogP contribution in [0, 0.1) is 0 Å². The highest BCUT2D eigenvalue weighted by Gasteiger charge is 2.47. The zero-order valence-corrected chi connectivity index (χ0v) is 11.8. The number of halogens is 3. The molecule has 1 aromatic heterocycles. The molecule has 0 aliphatic carbocycles. The molecule has 1 aliphatic rings. The average molecular weight is 316 g/mol. The van der Waals surface area contributed by atoms with Crippen LogP contribution in [0.25, 0.3) is 0 Å². The van der Waals surface area contributed by atoms with Crippen LogP contribution in [0.15, 0.2) is 18.7 Å². The first-order valence-electron chi connectivity index (χ1n) is 6.69. The predicted molar refractivity (Wildman–Crippen MR) is 69.8 cm³/mol. The van der Waals surface area contributed by atoms with Gasteiger partial charge in [-0.2, -0.15) is 13.2 Å². The van der Waals surface area contributed by atoms with Crippen molar-refractivity contribution in [1.82, 2.24) is 20.2 Å². The van der Waals surface area contributed by atoms with Crippen LogP contribution in [0.2, 0.25) is 0 Å². The lowest BCUT2D eigenvalue weighted by atomic mass is 9.97. The van der Waals surface area contributed by atoms with Crippen molar-refractivity contribution >= 4 is 11.8 Å². The smallest absolute Gasteiger partial charge is 0.347 e. The van der Waals surface area contributed by atoms with E-state index in [1.165, 1.54) is 18.7 Å². The molecule has 0 bridgehead atoms. The lowest BCUT2D eigenvalue weighted by molar-refractivity contribution is -0.196. The van der Waals surface area contributed by atoms with Crippen LogP contribution in [-0.2, 0) is 4.79 Å². The number of hydrogen-bond donors (Lipinski definition) is 1. The molecule has 2 amide bonds. The van der Waals surface area contributed by atoms with Gasteiger partial charge in [-0.1, -0.05) is 0 Å². The first-order chi connectivity index (χ1) is 10.3. The van der Waals surface area contributed by atoms with Crippen LogP contribution in [0.3, 0.4) is 0 Å². The van der Waals surface area contributed by atoms with Crippen LogP contribution < -0.4 is 5.32 Å². The SMILES string of the molecule is CC(=O)N1C[C@@H](NC(=O)c2cncnc2)CC[C@H]1C(F)(F)F. The maximum atomic E-state index is 12.9. The van der Waals surface area contributed by atoms with Gasteiger partial charge >= 0.3 is 6.18 Å². The molecule has 2 atom stereocenters. The van der Waals surface area contributed by atoms with Crippen LogP contribution in [0.4, 0.5) is 13.2 Å². The van der Waals surface area contributed by atoms with Crippen molar-refractivity contribution in [3.63, 3.8) is 0 Å². The van der Waals surface area contributed by atoms with E-state index in [2.05, 4.69) is 15.3 Å². The van der Waals surface area contributed by atoms with Crippen molar-refractivity contribution in [2.75, 3.05) is 6.54 Å². The summed E-state index contributed by atoms with van der Waals surface area (Å²) >= 11 is 0. The molecule has 6 nitrogen and oxygen atoms in total. The zero-order valence-electron chi connectivity index (χ0n) is 11.8. The third-order valence-corrected chi connectivity index (χ3v) is 3.52. The molecule has 0 unspecified atom stereocenters. The summed E-state index contributed by atoms with van der Waals surface area (Å²) in [5, 5.41) is 2.61. The van der Waals surface area contributed by atoms with E-state index < -0.39 is 30.1 Å². The molecular weight excluding hydrogens is 301 g/mol. The number of alkyl halides is 3. The highest BCUT2D eigenvalue weighted by molar-refractivity contribution is 5.93. The molecule has 1 fully saturated rings. The first kappa shape index (κ1) is 16.2. The molecule has 0 aromatic carbocycles. The van der Waals surface area contributed by atoms with Gasteiger partial charge in [0.15, 0.2) is 0 Å². The Bertz CT molecular complexity index is 550. The van der Waals surface area contributed by atoms with Crippen molar-refractivity contribution in [3.8, 4) is 0 Å². The largest absolute Gasteiger partial charge is 0.408 e. The highest BCUT2D eigenvalue weighted by atomic mass is 19.4. The van der Waals surface area contributed by atoms with E-state index in [1.54, 1.807) is 0 Å². The number of carbonyl (C=O) groups is 2. The van der Waals surface area contributed by atoms with Gasteiger partial charge in [0.1, 0.15) is 12.4 Å². The fraction of sp³-hybridized carbons (Fsp3) is 0.538. The average Bonchev–Trinajstić information content (AvgIpc) is 2.47. The second-order valence-electron chi connectivity index (χ2n) is 5.10. The Morgan fingerprint density at radius 3 is 2.45 bits per heavy atom. The lowest BCUT2D eigenvalue weighted by Gasteiger charge is -2.40. The maximum Gasteiger partial charge on any atom is 0.408 e. The topological polar surface area (TPSA) is 75.2 Å². The van der Waals surface area contributed by atoms with Gasteiger partial charge in [-0.05, 0) is 12.8 Å². The number of nitrogens with zero attached hydrogens (tertiary/aromatic N) is 3. The van der Waals surface area contributed by atoms with Gasteiger partial charge in [-0.25, -0.2) is 9.97 Å². The van der Waals surface area contributed by atoms with Crippen LogP contribution in [0.5, 0.6) is 0 Å². The number of likely N-dealkylation sites (tertiary alicyclic amines) is 1. The quantitative estimate of drug-likeness (QED) is 0.888. The molecule has 0 radical (unpaired) electrons. The van der Waals surface area contributed by atoms with Crippen molar-refractivity contribution in [1.29, 1.82) is 0 Å². The Hall–Kier alpha value is -2.19. The van der Waals surface area contributed by atoms with E-state index in [-0.39, 0.29) is 24.9 Å². The van der Waals surface area contributed by atoms with E-state index in [9.17, 15) is 22.8 Å². The third-order valence-electron chi connectivity index (χ3n) is 3.52. The second kappa shape index (κ2) is 6.29. The van der Waals surface area contributed by atoms with Gasteiger partial charge in [0.05, 0.1) is 5.56 Å². The van der Waals surface area contributed by atoms with Crippen LogP contribution in [-0.4, -0.2) is 51.5 Å². The Kier molecular flexibility index (Phi) is 4.62. The number of nitrogens with one attached hydrogen (secondary N) is 1. The Balaban J connectivity index is 2.03. The Labute approximate surface area is 124 Å². The monoisotopic (exact) mass is 316 g/mol. The lowest BCUT2D eigenvalue weighted by Crippen LogP contribution is -2.57. The number of rotatable bonds is 2. The Morgan fingerprint density at radius 2 is 1.91 bits per heavy atom. The molecule has 1 saturated heterocycles. The van der Waals surface area contributed by atoms with E-state index in [0.29, 0.717) is 0 Å². The fourth-order valence-electron chi connectivity index (χ4n) is 2.46. The molecule has 0 saturated carbocycles. The molecule has 120 valence electrons. The minimum absolute atomic E-state index is 0.146. The summed E-state index contributed by atoms with van der Waals surface area (Å²) in [6.45, 7) is 0.924. The van der Waals surface area contributed by atoms with Gasteiger partial charge < -0.3 is 10.2 Å². The standard InChI is InChI=1S/C13H15F3N4O2/c1-8(21)20-6-10(2-3-11(20)13(14,15)16)19-12(22)9-4-17-7-18-5-9/h4-5,7,10-11H,2-3,6H2,1H3,(H,19,22)/t10-,11-/m0/s1. The molecule has 9 heteroatoms. The van der Waals surface area contributed by atoms with E-state index in [0.717, 1.165) is 11.8 Å². The Morgan fingerprint density at radius 1 is 1.27 bits per heavy atom. The molecule has 1 N–H and O–H groups in total. The zero-order chi connectivity index (χ0) is 16.3. The summed E-state index contributed by atoms with van der Waals surface area (Å²) in [6.07, 6.45) is -0.664. The molecule has 1 aliphatic heterocycles. The normalized spacial score (nSPS) is 22.3. The molecule has 2 rings (SSSR count). The summed E-state index contributed by atoms with van der Waals surface area (Å²) < 4.78 is 38.7. The van der Waals surface area contributed by atoms with Gasteiger partial charge in [0, 0.05) is 31.9 Å². The van der Waals surface area contributed by atoms with Crippen molar-refractivity contribution in [2.24, 2.45) is 0 Å². The van der Waals surface area contributed by atoms with E-state index >= 15 is 0 Å². The minimum atomic E-state index is -4.46. The molecule has 22 heavy (non-hydrogen) atoms. The van der Waals surface area contributed by atoms with Gasteiger partial charge in [-0.15, -0.1) is 0 Å². The highest BCUT2D eigenvalue weighted by Crippen LogP contribution is 2.32. The van der Waals surface area contributed by atoms with Gasteiger partial charge in [-0.3, -0.25) is 9.59 Å². The molecule has 1 aromatic rings. The van der Waals surface area contributed by atoms with Crippen molar-refractivity contribution in [2.45, 2.75) is 38.0 Å². The summed E-state index contributed by atoms with van der Waals surface area (Å²) in [5.74, 6) is -1.14. The van der Waals surface area contributed by atoms with E-state index in [1.807, 2.05) is 0 Å². The first-order valence-corrected chi connectivity index (χ1v) is 6.69. The maximum absolute atomic E-state index is 12.9. The van der Waals surface area contributed by atoms with Gasteiger partial charge in [0.25, 0.3) is 5.91 Å². The fourth-order valence-corrected chi connectivity index (χ4v) is 2.46. The number of hydrogen-bond acceptors (Lipinski definition) is 4. The second-order valence-corrected chi connectivity index (χ2v) is 5.10. The van der Waals surface area contributed by atoms with Gasteiger partial charge in [0.2, 0.25) is 5.91 Å². The third kappa shape index (κ3) is 3.71. The van der Waals surface area contributed by atoms with Crippen LogP contribution >= 0.6 is 0 Å². The number of carbonyl (C=O) groups excluding carboxylic acids is 2. The number of aromatic nitrogens is 2. The predicted octanol–water partition coefficient (Wildman–Crippen LogP) is 1.15. The summed E-state index contributed by atoms with van der Waals surface area (Å²) in [5.41, 5.74) is 0.217. The minimum Gasteiger partial charge on any atom is -0.347 e. The summed E-state index contributed by atoms with van der Waals surface area (Å²) in [4.78, 5) is 31.6. The summed E-state index contributed by atoms with van der Waals surface area (Å²) in [7, 11) is 0. The van der Waals surface area contributed by atoms with Crippen LogP contribution in [0.1, 0.15) is 30.1 Å². The molecular formula is C13H15F3N4O2. The number of piperidine rings is 1.